The van der Waals surface area contributed by atoms with E-state index in [4.69, 9.17) is 4.74 Å². The number of allylic oxidation sites excluding steroid dienone is 2. The largest absolute Gasteiger partial charge is 0.495 e. The number of methoxy groups -OCH3 is 1. The molecule has 0 N–H and O–H groups in total. The minimum absolute atomic E-state index is 0.841. The maximum Gasteiger partial charge on any atom is 0.142 e. The summed E-state index contributed by atoms with van der Waals surface area (Å²) in [5.74, 6) is 0.942. The molecule has 0 aliphatic carbocycles. The lowest BCUT2D eigenvalue weighted by Crippen LogP contribution is -2.44. The van der Waals surface area contributed by atoms with E-state index in [9.17, 15) is 0 Å². The number of anilines is 2. The molecule has 0 saturated carbocycles. The second-order valence-corrected chi connectivity index (χ2v) is 8.21. The molecule has 4 heteroatoms. The zero-order valence-electron chi connectivity index (χ0n) is 18.2. The Morgan fingerprint density at radius 1 is 0.968 bits per heavy atom. The predicted molar refractivity (Wildman–Crippen MR) is 130 cm³/mol. The van der Waals surface area contributed by atoms with Gasteiger partial charge in [0.1, 0.15) is 5.75 Å². The van der Waals surface area contributed by atoms with Crippen molar-refractivity contribution in [2.45, 2.75) is 0 Å². The van der Waals surface area contributed by atoms with E-state index in [0.29, 0.717) is 0 Å². The van der Waals surface area contributed by atoms with E-state index in [0.717, 1.165) is 43.9 Å². The molecular formula is C27H28N3O. The van der Waals surface area contributed by atoms with Crippen LogP contribution >= 0.6 is 0 Å². The van der Waals surface area contributed by atoms with Gasteiger partial charge in [0.25, 0.3) is 0 Å². The topological polar surface area (TPSA) is 19.0 Å². The van der Waals surface area contributed by atoms with E-state index < -0.39 is 0 Å². The van der Waals surface area contributed by atoms with Gasteiger partial charge >= 0.3 is 0 Å². The van der Waals surface area contributed by atoms with Gasteiger partial charge in [0.05, 0.1) is 12.8 Å². The molecule has 5 rings (SSSR count). The highest BCUT2D eigenvalue weighted by molar-refractivity contribution is 5.96. The van der Waals surface area contributed by atoms with Crippen molar-refractivity contribution in [2.75, 3.05) is 56.7 Å². The number of benzene rings is 3. The first-order valence-corrected chi connectivity index (χ1v) is 10.9. The molecule has 0 atom stereocenters. The van der Waals surface area contributed by atoms with Gasteiger partial charge in [-0.25, -0.2) is 0 Å². The smallest absolute Gasteiger partial charge is 0.142 e. The number of likely N-dealkylation sites (N-methyl/N-ethyl adjacent to an activating group) is 1. The fraction of sp³-hybridized carbons (Fsp3) is 0.259. The molecule has 2 aliphatic heterocycles. The highest BCUT2D eigenvalue weighted by Crippen LogP contribution is 2.35. The van der Waals surface area contributed by atoms with Gasteiger partial charge < -0.3 is 19.4 Å². The third-order valence-corrected chi connectivity index (χ3v) is 6.30. The van der Waals surface area contributed by atoms with Crippen LogP contribution in [0, 0.1) is 6.07 Å². The molecule has 157 valence electrons. The standard InChI is InChI=1S/C27H28N3O/c1-28-16-18-30(19-17-28)26-20-23(10-11-27(26)31-2)29-14-12-22(13-15-29)25-9-5-7-21-6-3-4-8-24(21)25/h3-5,7-14,20H,15-19H2,1-2H3. The quantitative estimate of drug-likeness (QED) is 0.614. The van der Waals surface area contributed by atoms with Gasteiger partial charge in [0, 0.05) is 44.6 Å². The lowest BCUT2D eigenvalue weighted by molar-refractivity contribution is 0.311. The first kappa shape index (κ1) is 19.7. The van der Waals surface area contributed by atoms with Gasteiger partial charge in [-0.3, -0.25) is 0 Å². The van der Waals surface area contributed by atoms with Gasteiger partial charge in [0.2, 0.25) is 0 Å². The Hall–Kier alpha value is -3.24. The van der Waals surface area contributed by atoms with Crippen LogP contribution in [0.5, 0.6) is 5.75 Å². The summed E-state index contributed by atoms with van der Waals surface area (Å²) in [7, 11) is 3.94. The molecule has 0 aromatic heterocycles. The van der Waals surface area contributed by atoms with Crippen LogP contribution in [0.15, 0.2) is 72.9 Å². The summed E-state index contributed by atoms with van der Waals surface area (Å²) in [5, 5.41) is 2.40. The van der Waals surface area contributed by atoms with Crippen molar-refractivity contribution in [3.63, 3.8) is 0 Å². The Morgan fingerprint density at radius 3 is 2.61 bits per heavy atom. The molecule has 3 aromatic rings. The first-order chi connectivity index (χ1) is 15.2. The van der Waals surface area contributed by atoms with Crippen LogP contribution in [0.25, 0.3) is 16.3 Å². The molecule has 1 saturated heterocycles. The molecule has 0 unspecified atom stereocenters. The summed E-state index contributed by atoms with van der Waals surface area (Å²) in [6.45, 7) is 5.03. The molecule has 0 spiro atoms. The van der Waals surface area contributed by atoms with Crippen LogP contribution < -0.4 is 14.5 Å². The molecule has 3 aromatic carbocycles. The number of nitrogens with zero attached hydrogens (tertiary/aromatic N) is 3. The summed E-state index contributed by atoms with van der Waals surface area (Å²) in [6, 6.07) is 22.5. The van der Waals surface area contributed by atoms with E-state index in [2.05, 4.69) is 94.7 Å². The van der Waals surface area contributed by atoms with Crippen LogP contribution in [-0.2, 0) is 0 Å². The average molecular weight is 411 g/mol. The molecule has 1 radical (unpaired) electrons. The highest BCUT2D eigenvalue weighted by atomic mass is 16.5. The molecule has 31 heavy (non-hydrogen) atoms. The van der Waals surface area contributed by atoms with Gasteiger partial charge in [-0.2, -0.15) is 0 Å². The number of hydrogen-bond acceptors (Lipinski definition) is 4. The second kappa shape index (κ2) is 8.48. The molecular weight excluding hydrogens is 382 g/mol. The number of piperazine rings is 1. The maximum absolute atomic E-state index is 5.68. The Kier molecular flexibility index (Phi) is 5.39. The van der Waals surface area contributed by atoms with Crippen molar-refractivity contribution < 1.29 is 4.74 Å². The summed E-state index contributed by atoms with van der Waals surface area (Å²) in [4.78, 5) is 7.10. The average Bonchev–Trinajstić information content (AvgIpc) is 2.84. The van der Waals surface area contributed by atoms with E-state index in [1.54, 1.807) is 7.11 Å². The number of ether oxygens (including phenoxy) is 1. The molecule has 2 heterocycles. The normalized spacial score (nSPS) is 17.2. The third-order valence-electron chi connectivity index (χ3n) is 6.30. The van der Waals surface area contributed by atoms with Crippen molar-refractivity contribution in [2.24, 2.45) is 0 Å². The van der Waals surface area contributed by atoms with Crippen LogP contribution in [0.3, 0.4) is 0 Å². The third kappa shape index (κ3) is 3.91. The molecule has 2 aliphatic rings. The van der Waals surface area contributed by atoms with Gasteiger partial charge in [-0.1, -0.05) is 42.5 Å². The number of fused-ring (bicyclic) bond motifs is 1. The Labute approximate surface area is 184 Å². The van der Waals surface area contributed by atoms with Crippen molar-refractivity contribution >= 4 is 27.7 Å². The fourth-order valence-corrected chi connectivity index (χ4v) is 4.44. The SMILES string of the molecule is COc1ccc(N2C=CC(c3cccc4[c]cccc34)=CC2)cc1N1CCN(C)CC1. The summed E-state index contributed by atoms with van der Waals surface area (Å²) < 4.78 is 5.68. The van der Waals surface area contributed by atoms with Crippen molar-refractivity contribution in [3.8, 4) is 5.75 Å². The monoisotopic (exact) mass is 410 g/mol. The molecule has 0 bridgehead atoms. The van der Waals surface area contributed by atoms with Gasteiger partial charge in [-0.05, 0) is 59.3 Å². The highest BCUT2D eigenvalue weighted by Gasteiger charge is 2.19. The van der Waals surface area contributed by atoms with E-state index in [1.807, 2.05) is 6.07 Å². The zero-order chi connectivity index (χ0) is 21.2. The summed E-state index contributed by atoms with van der Waals surface area (Å²) in [5.41, 5.74) is 4.89. The Balaban J connectivity index is 1.40. The molecule has 4 nitrogen and oxygen atoms in total. The predicted octanol–water partition coefficient (Wildman–Crippen LogP) is 4.82. The molecule has 1 fully saturated rings. The van der Waals surface area contributed by atoms with Gasteiger partial charge in [-0.15, -0.1) is 0 Å². The van der Waals surface area contributed by atoms with Crippen LogP contribution in [0.1, 0.15) is 5.56 Å². The van der Waals surface area contributed by atoms with Crippen molar-refractivity contribution in [3.05, 3.63) is 84.6 Å². The van der Waals surface area contributed by atoms with Gasteiger partial charge in [0.15, 0.2) is 0 Å². The van der Waals surface area contributed by atoms with Crippen LogP contribution in [-0.4, -0.2) is 51.8 Å². The van der Waals surface area contributed by atoms with Crippen molar-refractivity contribution in [1.29, 1.82) is 0 Å². The maximum atomic E-state index is 5.68. The van der Waals surface area contributed by atoms with Crippen LogP contribution in [0.2, 0.25) is 0 Å². The molecule has 0 amide bonds. The van der Waals surface area contributed by atoms with Crippen LogP contribution in [0.4, 0.5) is 11.4 Å². The van der Waals surface area contributed by atoms with E-state index in [1.165, 1.54) is 27.9 Å². The zero-order valence-corrected chi connectivity index (χ0v) is 18.2. The summed E-state index contributed by atoms with van der Waals surface area (Å²) >= 11 is 0. The summed E-state index contributed by atoms with van der Waals surface area (Å²) in [6.07, 6.45) is 6.71. The number of rotatable bonds is 4. The number of hydrogen-bond donors (Lipinski definition) is 0. The van der Waals surface area contributed by atoms with E-state index >= 15 is 0 Å². The fourth-order valence-electron chi connectivity index (χ4n) is 4.44. The Morgan fingerprint density at radius 2 is 1.84 bits per heavy atom. The van der Waals surface area contributed by atoms with E-state index in [-0.39, 0.29) is 0 Å². The second-order valence-electron chi connectivity index (χ2n) is 8.21. The lowest BCUT2D eigenvalue weighted by atomic mass is 9.97. The minimum Gasteiger partial charge on any atom is -0.495 e. The minimum atomic E-state index is 0.841. The van der Waals surface area contributed by atoms with Crippen molar-refractivity contribution in [1.82, 2.24) is 4.90 Å². The Bertz CT molecular complexity index is 1140. The first-order valence-electron chi connectivity index (χ1n) is 10.9. The lowest BCUT2D eigenvalue weighted by Gasteiger charge is -2.35.